The highest BCUT2D eigenvalue weighted by molar-refractivity contribution is 9.10. The fraction of sp³-hybridized carbons (Fsp3) is 0.273. The molecule has 1 atom stereocenters. The third-order valence-corrected chi connectivity index (χ3v) is 4.55. The number of carbonyl (C=O) groups is 2. The van der Waals surface area contributed by atoms with Crippen LogP contribution in [0, 0.1) is 0 Å². The van der Waals surface area contributed by atoms with Gasteiger partial charge in [0.15, 0.2) is 0 Å². The van der Waals surface area contributed by atoms with Crippen LogP contribution in [0.1, 0.15) is 37.9 Å². The lowest BCUT2D eigenvalue weighted by molar-refractivity contribution is -0.118. The molecule has 2 N–H and O–H groups in total. The van der Waals surface area contributed by atoms with Gasteiger partial charge in [0, 0.05) is 4.47 Å². The summed E-state index contributed by atoms with van der Waals surface area (Å²) in [7, 11) is 0. The standard InChI is InChI=1S/C22H24BrN5O3/c1-22(2,3)31-21(30)25-18(16-9-5-4-6-10-16)19(29)26-20-24-14-28(27-20)13-15-8-7-11-17(23)12-15/h4-12,14,18H,13H2,1-3H3,(H,25,30)(H,26,27,29)/t18-/m0/s1. The molecule has 1 heterocycles. The van der Waals surface area contributed by atoms with E-state index in [1.54, 1.807) is 49.7 Å². The maximum absolute atomic E-state index is 12.9. The summed E-state index contributed by atoms with van der Waals surface area (Å²) in [6.45, 7) is 5.77. The molecule has 0 aliphatic carbocycles. The highest BCUT2D eigenvalue weighted by atomic mass is 79.9. The van der Waals surface area contributed by atoms with Crippen LogP contribution in [-0.4, -0.2) is 32.4 Å². The fourth-order valence-corrected chi connectivity index (χ4v) is 3.25. The SMILES string of the molecule is CC(C)(C)OC(=O)N[C@H](C(=O)Nc1ncn(Cc2cccc(Br)c2)n1)c1ccccc1. The van der Waals surface area contributed by atoms with E-state index in [9.17, 15) is 9.59 Å². The summed E-state index contributed by atoms with van der Waals surface area (Å²) >= 11 is 3.44. The Bertz CT molecular complexity index is 1050. The monoisotopic (exact) mass is 485 g/mol. The minimum atomic E-state index is -0.965. The van der Waals surface area contributed by atoms with Crippen molar-refractivity contribution in [3.05, 3.63) is 76.5 Å². The molecule has 0 fully saturated rings. The lowest BCUT2D eigenvalue weighted by Gasteiger charge is -2.23. The summed E-state index contributed by atoms with van der Waals surface area (Å²) < 4.78 is 7.89. The average Bonchev–Trinajstić information content (AvgIpc) is 3.12. The smallest absolute Gasteiger partial charge is 0.408 e. The zero-order chi connectivity index (χ0) is 22.4. The van der Waals surface area contributed by atoms with Crippen LogP contribution in [0.25, 0.3) is 0 Å². The summed E-state index contributed by atoms with van der Waals surface area (Å²) in [6.07, 6.45) is 0.847. The van der Waals surface area contributed by atoms with Crippen LogP contribution < -0.4 is 10.6 Å². The first-order valence-electron chi connectivity index (χ1n) is 9.69. The van der Waals surface area contributed by atoms with Gasteiger partial charge in [0.1, 0.15) is 18.0 Å². The summed E-state index contributed by atoms with van der Waals surface area (Å²) in [4.78, 5) is 29.4. The van der Waals surface area contributed by atoms with E-state index >= 15 is 0 Å². The number of benzene rings is 2. The van der Waals surface area contributed by atoms with Gasteiger partial charge in [-0.3, -0.25) is 10.1 Å². The number of anilines is 1. The van der Waals surface area contributed by atoms with Gasteiger partial charge < -0.3 is 10.1 Å². The Hall–Kier alpha value is -3.20. The number of hydrogen-bond donors (Lipinski definition) is 2. The fourth-order valence-electron chi connectivity index (χ4n) is 2.80. The number of alkyl carbamates (subject to hydrolysis) is 1. The van der Waals surface area contributed by atoms with Gasteiger partial charge in [0.05, 0.1) is 6.54 Å². The predicted octanol–water partition coefficient (Wildman–Crippen LogP) is 4.29. The van der Waals surface area contributed by atoms with E-state index in [1.165, 1.54) is 6.33 Å². The van der Waals surface area contributed by atoms with Crippen molar-refractivity contribution in [1.29, 1.82) is 0 Å². The topological polar surface area (TPSA) is 98.1 Å². The normalized spacial score (nSPS) is 12.1. The number of nitrogens with one attached hydrogen (secondary N) is 2. The molecule has 0 aliphatic rings. The highest BCUT2D eigenvalue weighted by Crippen LogP contribution is 2.17. The third-order valence-electron chi connectivity index (χ3n) is 4.06. The summed E-state index contributed by atoms with van der Waals surface area (Å²) in [5.41, 5.74) is 0.958. The molecule has 0 bridgehead atoms. The molecule has 0 radical (unpaired) electrons. The molecular formula is C22H24BrN5O3. The number of rotatable bonds is 6. The minimum Gasteiger partial charge on any atom is -0.444 e. The lowest BCUT2D eigenvalue weighted by atomic mass is 10.1. The van der Waals surface area contributed by atoms with Crippen LogP contribution in [0.3, 0.4) is 0 Å². The number of nitrogens with zero attached hydrogens (tertiary/aromatic N) is 3. The van der Waals surface area contributed by atoms with E-state index in [-0.39, 0.29) is 5.95 Å². The van der Waals surface area contributed by atoms with Gasteiger partial charge >= 0.3 is 6.09 Å². The van der Waals surface area contributed by atoms with Crippen molar-refractivity contribution in [2.45, 2.75) is 39.0 Å². The molecule has 8 nitrogen and oxygen atoms in total. The van der Waals surface area contributed by atoms with Crippen molar-refractivity contribution in [3.63, 3.8) is 0 Å². The number of amides is 2. The Balaban J connectivity index is 1.71. The molecule has 9 heteroatoms. The van der Waals surface area contributed by atoms with Crippen molar-refractivity contribution in [1.82, 2.24) is 20.1 Å². The van der Waals surface area contributed by atoms with E-state index in [0.717, 1.165) is 10.0 Å². The molecule has 3 rings (SSSR count). The minimum absolute atomic E-state index is 0.145. The van der Waals surface area contributed by atoms with Crippen LogP contribution in [0.5, 0.6) is 0 Å². The van der Waals surface area contributed by atoms with Crippen molar-refractivity contribution in [2.75, 3.05) is 5.32 Å². The Morgan fingerprint density at radius 3 is 2.55 bits per heavy atom. The van der Waals surface area contributed by atoms with E-state index in [4.69, 9.17) is 4.74 Å². The van der Waals surface area contributed by atoms with E-state index in [1.807, 2.05) is 30.3 Å². The number of hydrogen-bond acceptors (Lipinski definition) is 5. The van der Waals surface area contributed by atoms with Crippen LogP contribution in [0.2, 0.25) is 0 Å². The molecule has 0 saturated carbocycles. The molecule has 0 spiro atoms. The summed E-state index contributed by atoms with van der Waals surface area (Å²) in [5, 5.41) is 9.59. The van der Waals surface area contributed by atoms with Crippen molar-refractivity contribution < 1.29 is 14.3 Å². The second kappa shape index (κ2) is 9.74. The lowest BCUT2D eigenvalue weighted by Crippen LogP contribution is -2.40. The van der Waals surface area contributed by atoms with Gasteiger partial charge in [-0.15, -0.1) is 5.10 Å². The third kappa shape index (κ3) is 6.92. The molecule has 0 unspecified atom stereocenters. The van der Waals surface area contributed by atoms with Gasteiger partial charge in [-0.05, 0) is 44.0 Å². The maximum Gasteiger partial charge on any atom is 0.408 e. The van der Waals surface area contributed by atoms with Gasteiger partial charge in [-0.25, -0.2) is 14.5 Å². The van der Waals surface area contributed by atoms with E-state index < -0.39 is 23.6 Å². The second-order valence-corrected chi connectivity index (χ2v) is 8.79. The van der Waals surface area contributed by atoms with Crippen LogP contribution in [0.4, 0.5) is 10.7 Å². The molecule has 0 aliphatic heterocycles. The molecule has 3 aromatic rings. The van der Waals surface area contributed by atoms with Gasteiger partial charge in [-0.1, -0.05) is 58.4 Å². The molecule has 1 aromatic heterocycles. The first-order valence-corrected chi connectivity index (χ1v) is 10.5. The Morgan fingerprint density at radius 1 is 1.13 bits per heavy atom. The predicted molar refractivity (Wildman–Crippen MR) is 120 cm³/mol. The van der Waals surface area contributed by atoms with E-state index in [0.29, 0.717) is 12.1 Å². The van der Waals surface area contributed by atoms with Crippen molar-refractivity contribution in [3.8, 4) is 0 Å². The molecule has 31 heavy (non-hydrogen) atoms. The van der Waals surface area contributed by atoms with Gasteiger partial charge in [0.2, 0.25) is 5.95 Å². The zero-order valence-electron chi connectivity index (χ0n) is 17.5. The maximum atomic E-state index is 12.9. The first-order chi connectivity index (χ1) is 14.7. The van der Waals surface area contributed by atoms with Crippen LogP contribution in [0.15, 0.2) is 65.4 Å². The van der Waals surface area contributed by atoms with Crippen molar-refractivity contribution in [2.24, 2.45) is 0 Å². The van der Waals surface area contributed by atoms with Crippen molar-refractivity contribution >= 4 is 33.9 Å². The molecule has 0 saturated heterocycles. The van der Waals surface area contributed by atoms with Gasteiger partial charge in [0.25, 0.3) is 5.91 Å². The average molecular weight is 486 g/mol. The Kier molecular flexibility index (Phi) is 7.06. The number of ether oxygens (including phenoxy) is 1. The first kappa shape index (κ1) is 22.5. The quantitative estimate of drug-likeness (QED) is 0.542. The molecule has 162 valence electrons. The summed E-state index contributed by atoms with van der Waals surface area (Å²) in [5.74, 6) is -0.329. The molecule has 2 aromatic carbocycles. The number of halogens is 1. The number of aromatic nitrogens is 3. The highest BCUT2D eigenvalue weighted by Gasteiger charge is 2.26. The van der Waals surface area contributed by atoms with Crippen LogP contribution >= 0.6 is 15.9 Å². The second-order valence-electron chi connectivity index (χ2n) is 7.87. The van der Waals surface area contributed by atoms with Gasteiger partial charge in [-0.2, -0.15) is 0 Å². The number of carbonyl (C=O) groups excluding carboxylic acids is 2. The largest absolute Gasteiger partial charge is 0.444 e. The Morgan fingerprint density at radius 2 is 1.87 bits per heavy atom. The van der Waals surface area contributed by atoms with Crippen LogP contribution in [-0.2, 0) is 16.1 Å². The molecular weight excluding hydrogens is 462 g/mol. The summed E-state index contributed by atoms with van der Waals surface area (Å²) in [6, 6.07) is 15.8. The Labute approximate surface area is 189 Å². The van der Waals surface area contributed by atoms with E-state index in [2.05, 4.69) is 36.6 Å². The zero-order valence-corrected chi connectivity index (χ0v) is 19.1. The molecule has 2 amide bonds.